The number of rotatable bonds is 2. The molecule has 0 saturated carbocycles. The third-order valence-electron chi connectivity index (χ3n) is 3.99. The maximum Gasteiger partial charge on any atom is 0.0302 e. The zero-order valence-corrected chi connectivity index (χ0v) is 11.4. The van der Waals surface area contributed by atoms with Crippen molar-refractivity contribution in [3.8, 4) is 0 Å². The van der Waals surface area contributed by atoms with Crippen LogP contribution in [0.15, 0.2) is 18.2 Å². The Labute approximate surface area is 105 Å². The van der Waals surface area contributed by atoms with Crippen LogP contribution in [0.3, 0.4) is 0 Å². The summed E-state index contributed by atoms with van der Waals surface area (Å²) in [5.41, 5.74) is 11.1. The van der Waals surface area contributed by atoms with Gasteiger partial charge in [-0.1, -0.05) is 45.4 Å². The van der Waals surface area contributed by atoms with E-state index >= 15 is 0 Å². The number of aryl methyl sites for hydroxylation is 2. The van der Waals surface area contributed by atoms with Gasteiger partial charge in [-0.05, 0) is 47.8 Å². The van der Waals surface area contributed by atoms with Crippen molar-refractivity contribution in [3.63, 3.8) is 0 Å². The fourth-order valence-electron chi connectivity index (χ4n) is 2.94. The van der Waals surface area contributed by atoms with Crippen LogP contribution >= 0.6 is 0 Å². The molecule has 1 aliphatic carbocycles. The molecule has 0 amide bonds. The van der Waals surface area contributed by atoms with Gasteiger partial charge in [-0.2, -0.15) is 0 Å². The van der Waals surface area contributed by atoms with Crippen molar-refractivity contribution in [1.29, 1.82) is 0 Å². The van der Waals surface area contributed by atoms with Crippen molar-refractivity contribution >= 4 is 0 Å². The molecule has 0 fully saturated rings. The Bertz CT molecular complexity index is 393. The molecule has 1 nitrogen and oxygen atoms in total. The molecule has 1 aromatic carbocycles. The summed E-state index contributed by atoms with van der Waals surface area (Å²) in [6, 6.07) is 7.17. The molecule has 1 unspecified atom stereocenters. The van der Waals surface area contributed by atoms with Crippen molar-refractivity contribution in [2.24, 2.45) is 11.1 Å². The first kappa shape index (κ1) is 12.6. The van der Waals surface area contributed by atoms with E-state index in [1.807, 2.05) is 0 Å². The van der Waals surface area contributed by atoms with Crippen molar-refractivity contribution in [3.05, 3.63) is 34.9 Å². The van der Waals surface area contributed by atoms with Gasteiger partial charge in [0.1, 0.15) is 0 Å². The molecule has 2 N–H and O–H groups in total. The van der Waals surface area contributed by atoms with Gasteiger partial charge >= 0.3 is 0 Å². The fourth-order valence-corrected chi connectivity index (χ4v) is 2.94. The Morgan fingerprint density at radius 2 is 2.12 bits per heavy atom. The Hall–Kier alpha value is -0.820. The highest BCUT2D eigenvalue weighted by Crippen LogP contribution is 2.38. The molecule has 94 valence electrons. The molecule has 0 aromatic heterocycles. The van der Waals surface area contributed by atoms with E-state index in [-0.39, 0.29) is 6.04 Å². The first-order valence-corrected chi connectivity index (χ1v) is 6.89. The van der Waals surface area contributed by atoms with Gasteiger partial charge in [0.05, 0.1) is 0 Å². The third-order valence-corrected chi connectivity index (χ3v) is 3.99. The van der Waals surface area contributed by atoms with E-state index in [2.05, 4.69) is 39.0 Å². The standard InChI is InChI=1S/C16H25N/c1-4-5-12-6-7-13-8-9-16(2,3)11-15(17)14(13)10-12/h6-7,10,15H,4-5,8-9,11,17H2,1-3H3. The summed E-state index contributed by atoms with van der Waals surface area (Å²) in [5.74, 6) is 0. The van der Waals surface area contributed by atoms with Gasteiger partial charge in [-0.3, -0.25) is 0 Å². The molecule has 0 bridgehead atoms. The third kappa shape index (κ3) is 2.90. The monoisotopic (exact) mass is 231 g/mol. The highest BCUT2D eigenvalue weighted by molar-refractivity contribution is 5.35. The van der Waals surface area contributed by atoms with Crippen LogP contribution in [0.5, 0.6) is 0 Å². The van der Waals surface area contributed by atoms with Gasteiger partial charge in [-0.25, -0.2) is 0 Å². The second kappa shape index (κ2) is 4.81. The molecule has 0 saturated heterocycles. The Morgan fingerprint density at radius 1 is 1.35 bits per heavy atom. The fraction of sp³-hybridized carbons (Fsp3) is 0.625. The predicted molar refractivity (Wildman–Crippen MR) is 74.1 cm³/mol. The summed E-state index contributed by atoms with van der Waals surface area (Å²) < 4.78 is 0. The van der Waals surface area contributed by atoms with Crippen molar-refractivity contribution in [1.82, 2.24) is 0 Å². The second-order valence-corrected chi connectivity index (χ2v) is 6.26. The topological polar surface area (TPSA) is 26.0 Å². The van der Waals surface area contributed by atoms with Crippen LogP contribution in [0.1, 0.15) is 62.8 Å². The molecule has 17 heavy (non-hydrogen) atoms. The van der Waals surface area contributed by atoms with Gasteiger partial charge in [0.25, 0.3) is 0 Å². The smallest absolute Gasteiger partial charge is 0.0302 e. The normalized spacial score (nSPS) is 22.9. The number of hydrogen-bond donors (Lipinski definition) is 1. The lowest BCUT2D eigenvalue weighted by Gasteiger charge is -2.24. The minimum atomic E-state index is 0.222. The van der Waals surface area contributed by atoms with Crippen LogP contribution in [-0.4, -0.2) is 0 Å². The molecule has 0 aliphatic heterocycles. The average Bonchev–Trinajstić information content (AvgIpc) is 2.37. The Balaban J connectivity index is 2.32. The lowest BCUT2D eigenvalue weighted by molar-refractivity contribution is 0.294. The number of benzene rings is 1. The predicted octanol–water partition coefficient (Wildman–Crippen LogP) is 4.00. The molecule has 0 radical (unpaired) electrons. The van der Waals surface area contributed by atoms with Crippen molar-refractivity contribution in [2.75, 3.05) is 0 Å². The van der Waals surface area contributed by atoms with Gasteiger partial charge in [-0.15, -0.1) is 0 Å². The minimum Gasteiger partial charge on any atom is -0.324 e. The first-order chi connectivity index (χ1) is 8.02. The zero-order chi connectivity index (χ0) is 12.5. The Morgan fingerprint density at radius 3 is 2.82 bits per heavy atom. The van der Waals surface area contributed by atoms with E-state index in [0.717, 1.165) is 6.42 Å². The van der Waals surface area contributed by atoms with E-state index in [9.17, 15) is 0 Å². The van der Waals surface area contributed by atoms with Crippen molar-refractivity contribution < 1.29 is 0 Å². The highest BCUT2D eigenvalue weighted by Gasteiger charge is 2.27. The summed E-state index contributed by atoms with van der Waals surface area (Å²) in [7, 11) is 0. The maximum atomic E-state index is 6.39. The van der Waals surface area contributed by atoms with Gasteiger partial charge in [0.15, 0.2) is 0 Å². The van der Waals surface area contributed by atoms with E-state index in [4.69, 9.17) is 5.73 Å². The maximum absolute atomic E-state index is 6.39. The molecule has 1 atom stereocenters. The summed E-state index contributed by atoms with van der Waals surface area (Å²) >= 11 is 0. The summed E-state index contributed by atoms with van der Waals surface area (Å²) in [4.78, 5) is 0. The molecule has 2 rings (SSSR count). The SMILES string of the molecule is CCCc1ccc2c(c1)C(N)CC(C)(C)CC2. The number of hydrogen-bond acceptors (Lipinski definition) is 1. The minimum absolute atomic E-state index is 0.222. The van der Waals surface area contributed by atoms with Crippen LogP contribution in [0, 0.1) is 5.41 Å². The quantitative estimate of drug-likeness (QED) is 0.765. The van der Waals surface area contributed by atoms with Gasteiger partial charge in [0.2, 0.25) is 0 Å². The first-order valence-electron chi connectivity index (χ1n) is 6.89. The van der Waals surface area contributed by atoms with E-state index < -0.39 is 0 Å². The highest BCUT2D eigenvalue weighted by atomic mass is 14.6. The average molecular weight is 231 g/mol. The molecule has 0 heterocycles. The molecule has 0 spiro atoms. The summed E-state index contributed by atoms with van der Waals surface area (Å²) in [6.45, 7) is 6.91. The van der Waals surface area contributed by atoms with Gasteiger partial charge < -0.3 is 5.73 Å². The summed E-state index contributed by atoms with van der Waals surface area (Å²) in [6.07, 6.45) is 5.92. The van der Waals surface area contributed by atoms with Crippen LogP contribution < -0.4 is 5.73 Å². The van der Waals surface area contributed by atoms with Crippen molar-refractivity contribution in [2.45, 2.75) is 58.9 Å². The van der Waals surface area contributed by atoms with Gasteiger partial charge in [0, 0.05) is 6.04 Å². The molecular formula is C16H25N. The van der Waals surface area contributed by atoms with Crippen LogP contribution in [0.25, 0.3) is 0 Å². The van der Waals surface area contributed by atoms with E-state index in [1.165, 1.54) is 42.4 Å². The molecule has 1 heteroatoms. The number of nitrogens with two attached hydrogens (primary N) is 1. The van der Waals surface area contributed by atoms with E-state index in [0.29, 0.717) is 5.41 Å². The number of fused-ring (bicyclic) bond motifs is 1. The van der Waals surface area contributed by atoms with Crippen LogP contribution in [0.2, 0.25) is 0 Å². The largest absolute Gasteiger partial charge is 0.324 e. The van der Waals surface area contributed by atoms with E-state index in [1.54, 1.807) is 0 Å². The second-order valence-electron chi connectivity index (χ2n) is 6.26. The zero-order valence-electron chi connectivity index (χ0n) is 11.4. The van der Waals surface area contributed by atoms with Crippen LogP contribution in [-0.2, 0) is 12.8 Å². The Kier molecular flexibility index (Phi) is 3.58. The molecule has 1 aliphatic rings. The molecular weight excluding hydrogens is 206 g/mol. The molecule has 1 aromatic rings. The lowest BCUT2D eigenvalue weighted by atomic mass is 9.83. The lowest BCUT2D eigenvalue weighted by Crippen LogP contribution is -2.19. The summed E-state index contributed by atoms with van der Waals surface area (Å²) in [5, 5.41) is 0. The van der Waals surface area contributed by atoms with Crippen LogP contribution in [0.4, 0.5) is 0 Å².